The molecule has 7 heteroatoms. The fraction of sp³-hybridized carbons (Fsp3) is 0.280. The molecule has 1 fully saturated rings. The zero-order valence-corrected chi connectivity index (χ0v) is 19.0. The summed E-state index contributed by atoms with van der Waals surface area (Å²) in [5.41, 5.74) is 2.14. The molecule has 3 aromatic carbocycles. The summed E-state index contributed by atoms with van der Waals surface area (Å²) >= 11 is 0. The summed E-state index contributed by atoms with van der Waals surface area (Å²) in [5.74, 6) is 0.851. The Morgan fingerprint density at radius 3 is 2.03 bits per heavy atom. The Labute approximate surface area is 190 Å². The van der Waals surface area contributed by atoms with Crippen LogP contribution in [0.5, 0.6) is 5.75 Å². The standard InChI is InChI=1S/C25H29N3O3S/c1-31-23-14-12-22(13-15-23)28-18-16-27(17-19-28)20-25(21-8-4-2-5-9-21)26-32(29,30)24-10-6-3-7-11-24/h2-15,25-26H,16-20H2,1H3/t25-/m0/s1. The number of hydrogen-bond acceptors (Lipinski definition) is 5. The van der Waals surface area contributed by atoms with E-state index in [2.05, 4.69) is 26.7 Å². The lowest BCUT2D eigenvalue weighted by Crippen LogP contribution is -2.49. The minimum Gasteiger partial charge on any atom is -0.497 e. The highest BCUT2D eigenvalue weighted by atomic mass is 32.2. The lowest BCUT2D eigenvalue weighted by molar-refractivity contribution is 0.238. The molecule has 6 nitrogen and oxygen atoms in total. The van der Waals surface area contributed by atoms with E-state index in [4.69, 9.17) is 4.74 Å². The monoisotopic (exact) mass is 451 g/mol. The Bertz CT molecular complexity index is 1080. The van der Waals surface area contributed by atoms with Gasteiger partial charge in [-0.05, 0) is 42.0 Å². The maximum absolute atomic E-state index is 13.0. The smallest absolute Gasteiger partial charge is 0.241 e. The van der Waals surface area contributed by atoms with E-state index in [1.54, 1.807) is 31.4 Å². The number of ether oxygens (including phenoxy) is 1. The summed E-state index contributed by atoms with van der Waals surface area (Å²) in [6.07, 6.45) is 0. The fourth-order valence-corrected chi connectivity index (χ4v) is 5.23. The number of anilines is 1. The van der Waals surface area contributed by atoms with Crippen LogP contribution in [-0.2, 0) is 10.0 Å². The van der Waals surface area contributed by atoms with Crippen molar-refractivity contribution in [1.29, 1.82) is 0 Å². The van der Waals surface area contributed by atoms with E-state index in [0.717, 1.165) is 37.5 Å². The quantitative estimate of drug-likeness (QED) is 0.568. The Morgan fingerprint density at radius 2 is 1.44 bits per heavy atom. The molecule has 0 aliphatic carbocycles. The van der Waals surface area contributed by atoms with Gasteiger partial charge in [0.1, 0.15) is 5.75 Å². The van der Waals surface area contributed by atoms with Crippen molar-refractivity contribution in [3.05, 3.63) is 90.5 Å². The number of sulfonamides is 1. The third-order valence-corrected chi connectivity index (χ3v) is 7.29. The van der Waals surface area contributed by atoms with Crippen molar-refractivity contribution in [3.63, 3.8) is 0 Å². The van der Waals surface area contributed by atoms with Crippen molar-refractivity contribution in [2.45, 2.75) is 10.9 Å². The Kier molecular flexibility index (Phi) is 7.09. The van der Waals surface area contributed by atoms with Crippen molar-refractivity contribution in [2.75, 3.05) is 44.7 Å². The number of piperazine rings is 1. The summed E-state index contributed by atoms with van der Waals surface area (Å²) in [6, 6.07) is 26.1. The average Bonchev–Trinajstić information content (AvgIpc) is 2.85. The highest BCUT2D eigenvalue weighted by molar-refractivity contribution is 7.89. The molecule has 1 aliphatic rings. The van der Waals surface area contributed by atoms with Gasteiger partial charge in [0.2, 0.25) is 10.0 Å². The molecule has 1 atom stereocenters. The van der Waals surface area contributed by atoms with Crippen LogP contribution in [0.4, 0.5) is 5.69 Å². The lowest BCUT2D eigenvalue weighted by atomic mass is 10.1. The van der Waals surface area contributed by atoms with Gasteiger partial charge >= 0.3 is 0 Å². The maximum atomic E-state index is 13.0. The zero-order valence-electron chi connectivity index (χ0n) is 18.2. The molecule has 0 bridgehead atoms. The molecule has 1 N–H and O–H groups in total. The molecule has 0 aromatic heterocycles. The van der Waals surface area contributed by atoms with E-state index >= 15 is 0 Å². The number of methoxy groups -OCH3 is 1. The molecule has 1 heterocycles. The topological polar surface area (TPSA) is 61.9 Å². The molecule has 4 rings (SSSR count). The molecule has 0 amide bonds. The predicted octanol–water partition coefficient (Wildman–Crippen LogP) is 3.54. The van der Waals surface area contributed by atoms with Gasteiger partial charge < -0.3 is 9.64 Å². The van der Waals surface area contributed by atoms with Crippen LogP contribution in [-0.4, -0.2) is 53.2 Å². The largest absolute Gasteiger partial charge is 0.497 e. The van der Waals surface area contributed by atoms with Crippen LogP contribution in [0.25, 0.3) is 0 Å². The van der Waals surface area contributed by atoms with Gasteiger partial charge in [0.15, 0.2) is 0 Å². The average molecular weight is 452 g/mol. The number of benzene rings is 3. The lowest BCUT2D eigenvalue weighted by Gasteiger charge is -2.37. The molecular formula is C25H29N3O3S. The molecule has 3 aromatic rings. The molecular weight excluding hydrogens is 422 g/mol. The van der Waals surface area contributed by atoms with Crippen molar-refractivity contribution >= 4 is 15.7 Å². The van der Waals surface area contributed by atoms with Crippen LogP contribution in [0, 0.1) is 0 Å². The third kappa shape index (κ3) is 5.48. The van der Waals surface area contributed by atoms with Crippen molar-refractivity contribution in [2.24, 2.45) is 0 Å². The number of nitrogens with one attached hydrogen (secondary N) is 1. The zero-order chi connectivity index (χ0) is 22.4. The molecule has 0 saturated carbocycles. The summed E-state index contributed by atoms with van der Waals surface area (Å²) in [6.45, 7) is 4.12. The molecule has 0 spiro atoms. The minimum absolute atomic E-state index is 0.283. The van der Waals surface area contributed by atoms with Crippen LogP contribution in [0.15, 0.2) is 89.8 Å². The van der Waals surface area contributed by atoms with Gasteiger partial charge in [-0.1, -0.05) is 48.5 Å². The first-order valence-electron chi connectivity index (χ1n) is 10.8. The molecule has 1 saturated heterocycles. The van der Waals surface area contributed by atoms with Gasteiger partial charge in [0, 0.05) is 38.4 Å². The van der Waals surface area contributed by atoms with Gasteiger partial charge in [-0.2, -0.15) is 0 Å². The molecule has 32 heavy (non-hydrogen) atoms. The van der Waals surface area contributed by atoms with E-state index in [9.17, 15) is 8.42 Å². The second-order valence-electron chi connectivity index (χ2n) is 7.88. The maximum Gasteiger partial charge on any atom is 0.241 e. The second-order valence-corrected chi connectivity index (χ2v) is 9.60. The van der Waals surface area contributed by atoms with Crippen LogP contribution >= 0.6 is 0 Å². The third-order valence-electron chi connectivity index (χ3n) is 5.80. The number of rotatable bonds is 8. The van der Waals surface area contributed by atoms with Crippen LogP contribution < -0.4 is 14.4 Å². The highest BCUT2D eigenvalue weighted by Gasteiger charge is 2.25. The Morgan fingerprint density at radius 1 is 0.844 bits per heavy atom. The van der Waals surface area contributed by atoms with Crippen molar-refractivity contribution < 1.29 is 13.2 Å². The van der Waals surface area contributed by atoms with E-state index in [1.165, 1.54) is 5.69 Å². The Hall–Kier alpha value is -2.87. The first kappa shape index (κ1) is 22.3. The van der Waals surface area contributed by atoms with Gasteiger partial charge in [-0.25, -0.2) is 13.1 Å². The Balaban J connectivity index is 1.44. The normalized spacial score (nSPS) is 16.0. The first-order valence-corrected chi connectivity index (χ1v) is 12.3. The summed E-state index contributed by atoms with van der Waals surface area (Å²) < 4.78 is 34.2. The second kappa shape index (κ2) is 10.2. The SMILES string of the molecule is COc1ccc(N2CCN(C[C@H](NS(=O)(=O)c3ccccc3)c3ccccc3)CC2)cc1. The fourth-order valence-electron chi connectivity index (χ4n) is 3.99. The van der Waals surface area contributed by atoms with Gasteiger partial charge in [-0.3, -0.25) is 4.90 Å². The molecule has 0 unspecified atom stereocenters. The van der Waals surface area contributed by atoms with Crippen LogP contribution in [0.2, 0.25) is 0 Å². The van der Waals surface area contributed by atoms with E-state index in [0.29, 0.717) is 6.54 Å². The van der Waals surface area contributed by atoms with E-state index < -0.39 is 10.0 Å². The minimum atomic E-state index is -3.62. The van der Waals surface area contributed by atoms with Crippen molar-refractivity contribution in [3.8, 4) is 5.75 Å². The van der Waals surface area contributed by atoms with E-state index in [1.807, 2.05) is 48.5 Å². The van der Waals surface area contributed by atoms with E-state index in [-0.39, 0.29) is 10.9 Å². The summed E-state index contributed by atoms with van der Waals surface area (Å²) in [4.78, 5) is 4.96. The number of hydrogen-bond donors (Lipinski definition) is 1. The van der Waals surface area contributed by atoms with Crippen LogP contribution in [0.3, 0.4) is 0 Å². The van der Waals surface area contributed by atoms with Crippen molar-refractivity contribution in [1.82, 2.24) is 9.62 Å². The predicted molar refractivity (Wildman–Crippen MR) is 128 cm³/mol. The summed E-state index contributed by atoms with van der Waals surface area (Å²) in [5, 5.41) is 0. The number of nitrogens with zero attached hydrogens (tertiary/aromatic N) is 2. The van der Waals surface area contributed by atoms with Crippen LogP contribution in [0.1, 0.15) is 11.6 Å². The van der Waals surface area contributed by atoms with Gasteiger partial charge in [-0.15, -0.1) is 0 Å². The molecule has 1 aliphatic heterocycles. The van der Waals surface area contributed by atoms with Gasteiger partial charge in [0.25, 0.3) is 0 Å². The highest BCUT2D eigenvalue weighted by Crippen LogP contribution is 2.23. The summed E-state index contributed by atoms with van der Waals surface area (Å²) in [7, 11) is -1.95. The van der Waals surface area contributed by atoms with Gasteiger partial charge in [0.05, 0.1) is 18.0 Å². The molecule has 0 radical (unpaired) electrons. The first-order chi connectivity index (χ1) is 15.5. The molecule has 168 valence electrons.